The van der Waals surface area contributed by atoms with Gasteiger partial charge in [0.05, 0.1) is 17.0 Å². The highest BCUT2D eigenvalue weighted by Crippen LogP contribution is 2.35. The maximum absolute atomic E-state index is 13.3. The second-order valence-corrected chi connectivity index (χ2v) is 10.3. The number of fused-ring (bicyclic) bond motifs is 1. The molecule has 0 aromatic heterocycles. The van der Waals surface area contributed by atoms with E-state index in [4.69, 9.17) is 0 Å². The number of rotatable bonds is 5. The quantitative estimate of drug-likeness (QED) is 0.502. The first-order chi connectivity index (χ1) is 17.7. The highest BCUT2D eigenvalue weighted by Gasteiger charge is 2.46. The summed E-state index contributed by atoms with van der Waals surface area (Å²) in [5.41, 5.74) is 0.987. The van der Waals surface area contributed by atoms with Crippen LogP contribution in [0.2, 0.25) is 0 Å². The fourth-order valence-corrected chi connectivity index (χ4v) is 5.94. The minimum Gasteiger partial charge on any atom is -0.481 e. The Morgan fingerprint density at radius 1 is 0.892 bits per heavy atom. The smallest absolute Gasteiger partial charge is 0.306 e. The number of benzene rings is 1. The van der Waals surface area contributed by atoms with E-state index in [-0.39, 0.29) is 47.8 Å². The van der Waals surface area contributed by atoms with Gasteiger partial charge in [-0.15, -0.1) is 0 Å². The minimum absolute atomic E-state index is 0.0147. The molecule has 196 valence electrons. The van der Waals surface area contributed by atoms with Crippen LogP contribution in [-0.4, -0.2) is 75.6 Å². The molecule has 0 radical (unpaired) electrons. The first-order valence-electron chi connectivity index (χ1n) is 12.9. The van der Waals surface area contributed by atoms with Gasteiger partial charge < -0.3 is 15.3 Å². The summed E-state index contributed by atoms with van der Waals surface area (Å²) in [6.07, 6.45) is 3.92. The molecular formula is C26H30N4O7. The number of carboxylic acids is 1. The predicted octanol–water partition coefficient (Wildman–Crippen LogP) is 1.38. The van der Waals surface area contributed by atoms with Crippen molar-refractivity contribution >= 4 is 41.2 Å². The Morgan fingerprint density at radius 3 is 2.24 bits per heavy atom. The van der Waals surface area contributed by atoms with E-state index in [1.807, 2.05) is 0 Å². The van der Waals surface area contributed by atoms with E-state index in [1.54, 1.807) is 23.1 Å². The van der Waals surface area contributed by atoms with Crippen molar-refractivity contribution < 1.29 is 33.9 Å². The number of nitrogens with one attached hydrogen (secondary N) is 2. The van der Waals surface area contributed by atoms with Gasteiger partial charge in [-0.3, -0.25) is 39.0 Å². The maximum atomic E-state index is 13.3. The second kappa shape index (κ2) is 9.95. The molecule has 1 unspecified atom stereocenters. The molecule has 0 spiro atoms. The monoisotopic (exact) mass is 510 g/mol. The maximum Gasteiger partial charge on any atom is 0.306 e. The van der Waals surface area contributed by atoms with Crippen molar-refractivity contribution in [2.45, 2.75) is 63.5 Å². The van der Waals surface area contributed by atoms with E-state index >= 15 is 0 Å². The van der Waals surface area contributed by atoms with Crippen LogP contribution < -0.4 is 10.6 Å². The van der Waals surface area contributed by atoms with Crippen molar-refractivity contribution in [1.82, 2.24) is 15.1 Å². The lowest BCUT2D eigenvalue weighted by molar-refractivity contribution is -0.147. The molecule has 3 N–H and O–H groups in total. The Balaban J connectivity index is 1.21. The zero-order valence-electron chi connectivity index (χ0n) is 20.4. The van der Waals surface area contributed by atoms with Crippen molar-refractivity contribution in [2.24, 2.45) is 11.8 Å². The minimum atomic E-state index is -1.01. The van der Waals surface area contributed by atoms with Gasteiger partial charge in [-0.05, 0) is 57.1 Å². The molecule has 2 saturated heterocycles. The topological polar surface area (TPSA) is 153 Å². The third-order valence-electron chi connectivity index (χ3n) is 8.06. The van der Waals surface area contributed by atoms with Crippen LogP contribution in [0, 0.1) is 11.8 Å². The van der Waals surface area contributed by atoms with Gasteiger partial charge in [-0.1, -0.05) is 6.07 Å². The highest BCUT2D eigenvalue weighted by molar-refractivity contribution is 6.25. The molecule has 5 amide bonds. The van der Waals surface area contributed by atoms with Gasteiger partial charge in [0.2, 0.25) is 17.7 Å². The van der Waals surface area contributed by atoms with Gasteiger partial charge in [0, 0.05) is 37.2 Å². The van der Waals surface area contributed by atoms with Crippen molar-refractivity contribution in [3.63, 3.8) is 0 Å². The third kappa shape index (κ3) is 4.70. The second-order valence-electron chi connectivity index (χ2n) is 10.3. The Morgan fingerprint density at radius 2 is 1.59 bits per heavy atom. The Kier molecular flexibility index (Phi) is 6.70. The standard InChI is InChI=1S/C26H30N4O7/c31-20-9-8-19(22(32)28-20)30-24(34)17-2-1-3-18(21(17)25(30)35)27-16-6-4-14(5-7-16)23(33)29-12-10-15(11-13-29)26(36)37/h1-3,14-16,19,27H,4-13H2,(H,36,37)(H,28,31,32)/t14-,16-,19?. The number of imide groups is 2. The lowest BCUT2D eigenvalue weighted by atomic mass is 9.84. The van der Waals surface area contributed by atoms with Crippen molar-refractivity contribution in [3.8, 4) is 0 Å². The molecule has 1 saturated carbocycles. The number of anilines is 1. The lowest BCUT2D eigenvalue weighted by Gasteiger charge is -2.35. The molecule has 5 rings (SSSR count). The Bertz CT molecular complexity index is 1170. The largest absolute Gasteiger partial charge is 0.481 e. The van der Waals surface area contributed by atoms with Crippen molar-refractivity contribution in [2.75, 3.05) is 18.4 Å². The Labute approximate surface area is 213 Å². The molecule has 1 aromatic carbocycles. The van der Waals surface area contributed by atoms with Crippen molar-refractivity contribution in [1.29, 1.82) is 0 Å². The van der Waals surface area contributed by atoms with E-state index in [0.29, 0.717) is 57.3 Å². The number of carbonyl (C=O) groups excluding carboxylic acids is 5. The first kappa shape index (κ1) is 24.9. The normalized spacial score (nSPS) is 26.6. The van der Waals surface area contributed by atoms with Crippen LogP contribution >= 0.6 is 0 Å². The zero-order valence-corrected chi connectivity index (χ0v) is 20.4. The van der Waals surface area contributed by atoms with Gasteiger partial charge >= 0.3 is 5.97 Å². The van der Waals surface area contributed by atoms with E-state index in [0.717, 1.165) is 4.90 Å². The molecular weight excluding hydrogens is 480 g/mol. The fourth-order valence-electron chi connectivity index (χ4n) is 5.94. The van der Waals surface area contributed by atoms with Gasteiger partial charge in [0.25, 0.3) is 11.8 Å². The summed E-state index contributed by atoms with van der Waals surface area (Å²) in [6.45, 7) is 0.952. The number of nitrogens with zero attached hydrogens (tertiary/aromatic N) is 2. The molecule has 4 aliphatic rings. The zero-order chi connectivity index (χ0) is 26.3. The summed E-state index contributed by atoms with van der Waals surface area (Å²) >= 11 is 0. The number of likely N-dealkylation sites (tertiary alicyclic amines) is 1. The number of amides is 5. The highest BCUT2D eigenvalue weighted by atomic mass is 16.4. The summed E-state index contributed by atoms with van der Waals surface area (Å²) < 4.78 is 0. The van der Waals surface area contributed by atoms with Crippen LogP contribution in [0.5, 0.6) is 0 Å². The van der Waals surface area contributed by atoms with Crippen LogP contribution in [0.15, 0.2) is 18.2 Å². The molecule has 3 aliphatic heterocycles. The molecule has 3 fully saturated rings. The van der Waals surface area contributed by atoms with Gasteiger partial charge in [-0.25, -0.2) is 0 Å². The lowest BCUT2D eigenvalue weighted by Crippen LogP contribution is -2.54. The van der Waals surface area contributed by atoms with Gasteiger partial charge in [0.15, 0.2) is 0 Å². The van der Waals surface area contributed by atoms with E-state index in [9.17, 15) is 33.9 Å². The number of carbonyl (C=O) groups is 6. The fraction of sp³-hybridized carbons (Fsp3) is 0.538. The molecule has 0 bridgehead atoms. The van der Waals surface area contributed by atoms with Crippen LogP contribution in [-0.2, 0) is 19.2 Å². The summed E-state index contributed by atoms with van der Waals surface area (Å²) in [5.74, 6) is -3.35. The van der Waals surface area contributed by atoms with Crippen LogP contribution in [0.1, 0.15) is 72.1 Å². The van der Waals surface area contributed by atoms with Gasteiger partial charge in [-0.2, -0.15) is 0 Å². The molecule has 3 heterocycles. The summed E-state index contributed by atoms with van der Waals surface area (Å²) in [4.78, 5) is 77.1. The molecule has 1 aliphatic carbocycles. The number of piperidine rings is 2. The third-order valence-corrected chi connectivity index (χ3v) is 8.06. The van der Waals surface area contributed by atoms with E-state index in [1.165, 1.54) is 0 Å². The Hall–Kier alpha value is -3.76. The SMILES string of the molecule is O=C1CCC(N2C(=O)c3cccc(N[C@H]4CC[C@H](C(=O)N5CCC(C(=O)O)CC5)CC4)c3C2=O)C(=O)N1. The molecule has 11 nitrogen and oxygen atoms in total. The van der Waals surface area contributed by atoms with Crippen LogP contribution in [0.3, 0.4) is 0 Å². The average Bonchev–Trinajstić information content (AvgIpc) is 3.14. The summed E-state index contributed by atoms with van der Waals surface area (Å²) in [6, 6.07) is 3.99. The number of carboxylic acid groups (broad SMARTS) is 1. The summed E-state index contributed by atoms with van der Waals surface area (Å²) in [5, 5.41) is 14.8. The van der Waals surface area contributed by atoms with E-state index < -0.39 is 35.6 Å². The van der Waals surface area contributed by atoms with Crippen LogP contribution in [0.25, 0.3) is 0 Å². The predicted molar refractivity (Wildman–Crippen MR) is 129 cm³/mol. The number of hydrogen-bond donors (Lipinski definition) is 3. The van der Waals surface area contributed by atoms with E-state index in [2.05, 4.69) is 10.6 Å². The molecule has 1 aromatic rings. The molecule has 11 heteroatoms. The molecule has 37 heavy (non-hydrogen) atoms. The van der Waals surface area contributed by atoms with Crippen molar-refractivity contribution in [3.05, 3.63) is 29.3 Å². The number of hydrogen-bond acceptors (Lipinski definition) is 7. The number of aliphatic carboxylic acids is 1. The van der Waals surface area contributed by atoms with Crippen LogP contribution in [0.4, 0.5) is 5.69 Å². The molecule has 1 atom stereocenters. The first-order valence-corrected chi connectivity index (χ1v) is 12.9. The van der Waals surface area contributed by atoms with Gasteiger partial charge in [0.1, 0.15) is 6.04 Å². The summed E-state index contributed by atoms with van der Waals surface area (Å²) in [7, 11) is 0. The average molecular weight is 511 g/mol.